The quantitative estimate of drug-likeness (QED) is 0.738. The second kappa shape index (κ2) is 5.61. The molecule has 0 unspecified atom stereocenters. The third kappa shape index (κ3) is 3.04. The Balaban J connectivity index is 1.99. The number of hydrogen-bond acceptors (Lipinski definition) is 2. The zero-order valence-electron chi connectivity index (χ0n) is 9.14. The van der Waals surface area contributed by atoms with Crippen molar-refractivity contribution in [1.82, 2.24) is 0 Å². The van der Waals surface area contributed by atoms with Gasteiger partial charge in [0, 0.05) is 16.7 Å². The Kier molecular flexibility index (Phi) is 3.89. The minimum Gasteiger partial charge on any atom is -0.496 e. The first-order chi connectivity index (χ1) is 7.88. The molecule has 1 radical (unpaired) electrons. The monoisotopic (exact) mass is 229 g/mol. The first-order valence-electron chi connectivity index (χ1n) is 5.11. The Hall–Kier alpha value is -1.41. The van der Waals surface area contributed by atoms with Crippen molar-refractivity contribution < 1.29 is 4.74 Å². The first kappa shape index (κ1) is 11.1. The van der Waals surface area contributed by atoms with Crippen molar-refractivity contribution in [3.8, 4) is 5.75 Å². The second-order valence-corrected chi connectivity index (χ2v) is 4.37. The molecular formula is C14H13OS. The third-order valence-corrected chi connectivity index (χ3v) is 3.23. The first-order valence-corrected chi connectivity index (χ1v) is 6.10. The van der Waals surface area contributed by atoms with Crippen LogP contribution in [0.4, 0.5) is 0 Å². The minimum absolute atomic E-state index is 0.790. The van der Waals surface area contributed by atoms with Gasteiger partial charge in [-0.1, -0.05) is 36.4 Å². The topological polar surface area (TPSA) is 9.23 Å². The van der Waals surface area contributed by atoms with Gasteiger partial charge in [0.25, 0.3) is 0 Å². The molecule has 2 rings (SSSR count). The van der Waals surface area contributed by atoms with E-state index < -0.39 is 0 Å². The molecule has 0 heterocycles. The summed E-state index contributed by atoms with van der Waals surface area (Å²) < 4.78 is 5.14. The zero-order chi connectivity index (χ0) is 11.2. The standard InChI is InChI=1S/C14H13OS/c1-15-13-8-5-9-14(10-13)16-11-12-6-3-2-4-7-12/h2-9H,11H2,1H3. The predicted octanol–water partition coefficient (Wildman–Crippen LogP) is 3.79. The van der Waals surface area contributed by atoms with E-state index in [9.17, 15) is 0 Å². The largest absolute Gasteiger partial charge is 0.496 e. The molecule has 0 saturated carbocycles. The van der Waals surface area contributed by atoms with Crippen LogP contribution in [0, 0.1) is 6.07 Å². The van der Waals surface area contributed by atoms with E-state index in [0.29, 0.717) is 0 Å². The molecule has 2 heteroatoms. The molecule has 0 saturated heterocycles. The highest BCUT2D eigenvalue weighted by molar-refractivity contribution is 7.98. The van der Waals surface area contributed by atoms with E-state index in [-0.39, 0.29) is 0 Å². The third-order valence-electron chi connectivity index (χ3n) is 2.20. The van der Waals surface area contributed by atoms with Crippen LogP contribution >= 0.6 is 11.8 Å². The Labute approximate surface area is 100 Å². The molecule has 81 valence electrons. The number of methoxy groups -OCH3 is 1. The molecule has 0 spiro atoms. The fourth-order valence-electron chi connectivity index (χ4n) is 1.37. The van der Waals surface area contributed by atoms with Gasteiger partial charge < -0.3 is 4.74 Å². The molecule has 0 atom stereocenters. The Morgan fingerprint density at radius 1 is 1.06 bits per heavy atom. The Morgan fingerprint density at radius 3 is 2.62 bits per heavy atom. The van der Waals surface area contributed by atoms with Crippen LogP contribution in [0.2, 0.25) is 0 Å². The SMILES string of the molecule is COc1[c]c(SCc2ccccc2)ccc1. The molecule has 0 bridgehead atoms. The van der Waals surface area contributed by atoms with Gasteiger partial charge in [0.2, 0.25) is 0 Å². The van der Waals surface area contributed by atoms with E-state index in [1.807, 2.05) is 18.2 Å². The molecule has 0 fully saturated rings. The van der Waals surface area contributed by atoms with Crippen molar-refractivity contribution >= 4 is 11.8 Å². The van der Waals surface area contributed by atoms with E-state index in [0.717, 1.165) is 16.4 Å². The normalized spacial score (nSPS) is 10.1. The lowest BCUT2D eigenvalue weighted by molar-refractivity contribution is 0.412. The van der Waals surface area contributed by atoms with Crippen LogP contribution in [0.5, 0.6) is 5.75 Å². The maximum atomic E-state index is 5.14. The van der Waals surface area contributed by atoms with Gasteiger partial charge in [-0.2, -0.15) is 0 Å². The molecule has 2 aromatic rings. The molecule has 1 nitrogen and oxygen atoms in total. The number of ether oxygens (including phenoxy) is 1. The molecule has 0 aliphatic heterocycles. The van der Waals surface area contributed by atoms with Crippen molar-refractivity contribution in [2.24, 2.45) is 0 Å². The number of hydrogen-bond donors (Lipinski definition) is 0. The average molecular weight is 229 g/mol. The van der Waals surface area contributed by atoms with Crippen molar-refractivity contribution in [3.05, 3.63) is 60.2 Å². The zero-order valence-corrected chi connectivity index (χ0v) is 9.96. The maximum Gasteiger partial charge on any atom is 0.127 e. The van der Waals surface area contributed by atoms with Crippen molar-refractivity contribution in [1.29, 1.82) is 0 Å². The summed E-state index contributed by atoms with van der Waals surface area (Å²) in [5, 5.41) is 0. The molecular weight excluding hydrogens is 216 g/mol. The van der Waals surface area contributed by atoms with Crippen molar-refractivity contribution in [2.75, 3.05) is 7.11 Å². The smallest absolute Gasteiger partial charge is 0.127 e. The van der Waals surface area contributed by atoms with Crippen LogP contribution in [0.1, 0.15) is 5.56 Å². The van der Waals surface area contributed by atoms with E-state index in [1.165, 1.54) is 5.56 Å². The van der Waals surface area contributed by atoms with Crippen molar-refractivity contribution in [2.45, 2.75) is 10.6 Å². The van der Waals surface area contributed by atoms with Gasteiger partial charge in [-0.3, -0.25) is 0 Å². The molecule has 0 N–H and O–H groups in total. The Morgan fingerprint density at radius 2 is 1.88 bits per heavy atom. The molecule has 0 aliphatic carbocycles. The lowest BCUT2D eigenvalue weighted by Gasteiger charge is -2.03. The molecule has 2 aromatic carbocycles. The predicted molar refractivity (Wildman–Crippen MR) is 67.8 cm³/mol. The summed E-state index contributed by atoms with van der Waals surface area (Å²) in [4.78, 5) is 1.11. The van der Waals surface area contributed by atoms with Gasteiger partial charge in [-0.05, 0) is 17.7 Å². The van der Waals surface area contributed by atoms with E-state index in [2.05, 4.69) is 36.4 Å². The van der Waals surface area contributed by atoms with Crippen LogP contribution in [0.3, 0.4) is 0 Å². The second-order valence-electron chi connectivity index (χ2n) is 3.36. The summed E-state index contributed by atoms with van der Waals surface area (Å²) in [6, 6.07) is 19.6. The molecule has 0 aliphatic rings. The van der Waals surface area contributed by atoms with Crippen molar-refractivity contribution in [3.63, 3.8) is 0 Å². The summed E-state index contributed by atoms with van der Waals surface area (Å²) in [5.41, 5.74) is 1.32. The van der Waals surface area contributed by atoms with Crippen LogP contribution in [0.25, 0.3) is 0 Å². The van der Waals surface area contributed by atoms with Gasteiger partial charge in [-0.15, -0.1) is 11.8 Å². The molecule has 0 aromatic heterocycles. The molecule has 16 heavy (non-hydrogen) atoms. The fraction of sp³-hybridized carbons (Fsp3) is 0.143. The highest BCUT2D eigenvalue weighted by Crippen LogP contribution is 2.25. The summed E-state index contributed by atoms with van der Waals surface area (Å²) >= 11 is 1.77. The lowest BCUT2D eigenvalue weighted by atomic mass is 10.2. The van der Waals surface area contributed by atoms with Crippen LogP contribution in [-0.4, -0.2) is 7.11 Å². The van der Waals surface area contributed by atoms with Crippen LogP contribution < -0.4 is 4.74 Å². The van der Waals surface area contributed by atoms with Gasteiger partial charge in [0.1, 0.15) is 5.75 Å². The average Bonchev–Trinajstić information content (AvgIpc) is 2.38. The summed E-state index contributed by atoms with van der Waals surface area (Å²) in [6.45, 7) is 0. The van der Waals surface area contributed by atoms with Gasteiger partial charge in [0.15, 0.2) is 0 Å². The summed E-state index contributed by atoms with van der Waals surface area (Å²) in [6.07, 6.45) is 0. The number of thioether (sulfide) groups is 1. The van der Waals surface area contributed by atoms with Gasteiger partial charge >= 0.3 is 0 Å². The highest BCUT2D eigenvalue weighted by atomic mass is 32.2. The number of rotatable bonds is 4. The van der Waals surface area contributed by atoms with Gasteiger partial charge in [0.05, 0.1) is 7.11 Å². The van der Waals surface area contributed by atoms with E-state index in [4.69, 9.17) is 4.74 Å². The molecule has 0 amide bonds. The van der Waals surface area contributed by atoms with E-state index >= 15 is 0 Å². The van der Waals surface area contributed by atoms with Crippen LogP contribution in [-0.2, 0) is 5.75 Å². The summed E-state index contributed by atoms with van der Waals surface area (Å²) in [7, 11) is 1.66. The maximum absolute atomic E-state index is 5.14. The van der Waals surface area contributed by atoms with E-state index in [1.54, 1.807) is 18.9 Å². The van der Waals surface area contributed by atoms with Gasteiger partial charge in [-0.25, -0.2) is 0 Å². The lowest BCUT2D eigenvalue weighted by Crippen LogP contribution is -1.84. The summed E-state index contributed by atoms with van der Waals surface area (Å²) in [5.74, 6) is 1.75. The van der Waals surface area contributed by atoms with Crippen LogP contribution in [0.15, 0.2) is 53.4 Å². The number of benzene rings is 2. The minimum atomic E-state index is 0.790. The Bertz CT molecular complexity index is 439. The highest BCUT2D eigenvalue weighted by Gasteiger charge is 1.98. The fourth-order valence-corrected chi connectivity index (χ4v) is 2.23.